The quantitative estimate of drug-likeness (QED) is 0.403. The second-order valence-corrected chi connectivity index (χ2v) is 11.0. The van der Waals surface area contributed by atoms with Crippen molar-refractivity contribution in [1.82, 2.24) is 40.4 Å². The molecule has 0 radical (unpaired) electrons. The maximum atomic E-state index is 12.2. The summed E-state index contributed by atoms with van der Waals surface area (Å²) < 4.78 is 30.6. The zero-order valence-electron chi connectivity index (χ0n) is 23.9. The molecule has 4 aliphatic rings. The molecule has 0 bridgehead atoms. The molecule has 0 aromatic carbocycles. The Kier molecular flexibility index (Phi) is 10.4. The van der Waals surface area contributed by atoms with Crippen LogP contribution in [-0.2, 0) is 13.1 Å². The number of nitrogens with zero attached hydrogens (tertiary/aromatic N) is 6. The Morgan fingerprint density at radius 2 is 1.83 bits per heavy atom. The van der Waals surface area contributed by atoms with Gasteiger partial charge in [-0.3, -0.25) is 4.79 Å². The summed E-state index contributed by atoms with van der Waals surface area (Å²) >= 11 is 0. The van der Waals surface area contributed by atoms with Gasteiger partial charge in [0.2, 0.25) is 5.92 Å². The normalized spacial score (nSPS) is 20.2. The second-order valence-electron chi connectivity index (χ2n) is 11.0. The number of amides is 3. The number of hydrogen-bond acceptors (Lipinski definition) is 7. The highest BCUT2D eigenvalue weighted by Gasteiger charge is 2.39. The monoisotopic (exact) mass is 584 g/mol. The predicted octanol–water partition coefficient (Wildman–Crippen LogP) is 4.66. The summed E-state index contributed by atoms with van der Waals surface area (Å²) in [6.45, 7) is 3.10. The van der Waals surface area contributed by atoms with Gasteiger partial charge in [-0.25, -0.2) is 27.7 Å². The van der Waals surface area contributed by atoms with Crippen molar-refractivity contribution in [2.75, 3.05) is 6.54 Å². The van der Waals surface area contributed by atoms with Gasteiger partial charge in [-0.05, 0) is 55.3 Å². The van der Waals surface area contributed by atoms with Crippen molar-refractivity contribution in [3.05, 3.63) is 41.1 Å². The fraction of sp³-hybridized carbons (Fsp3) is 0.586. The van der Waals surface area contributed by atoms with E-state index in [1.807, 2.05) is 11.0 Å². The molecule has 42 heavy (non-hydrogen) atoms. The van der Waals surface area contributed by atoms with E-state index in [4.69, 9.17) is 0 Å². The summed E-state index contributed by atoms with van der Waals surface area (Å²) in [7, 11) is 0. The Hall–Kier alpha value is -4.08. The van der Waals surface area contributed by atoms with Crippen molar-refractivity contribution in [1.29, 1.82) is 0 Å². The number of carbonyl (C=O) groups is 2. The zero-order valence-corrected chi connectivity index (χ0v) is 23.9. The van der Waals surface area contributed by atoms with Crippen molar-refractivity contribution in [3.63, 3.8) is 0 Å². The average molecular weight is 585 g/mol. The highest BCUT2D eigenvalue weighted by atomic mass is 19.3. The van der Waals surface area contributed by atoms with E-state index in [2.05, 4.69) is 48.5 Å². The molecule has 1 aliphatic heterocycles. The molecule has 0 spiro atoms. The van der Waals surface area contributed by atoms with Crippen LogP contribution in [-0.4, -0.2) is 60.3 Å². The molecular weight excluding hydrogens is 546 g/mol. The van der Waals surface area contributed by atoms with Crippen LogP contribution in [0.15, 0.2) is 23.1 Å². The van der Waals surface area contributed by atoms with Crippen LogP contribution in [0.5, 0.6) is 0 Å². The molecule has 1 saturated heterocycles. The summed E-state index contributed by atoms with van der Waals surface area (Å²) in [4.78, 5) is 30.6. The van der Waals surface area contributed by atoms with E-state index in [1.54, 1.807) is 23.8 Å². The van der Waals surface area contributed by atoms with Gasteiger partial charge in [0.25, 0.3) is 5.91 Å². The number of urea groups is 1. The number of nitrogens with one attached hydrogen (secondary N) is 2. The van der Waals surface area contributed by atoms with Crippen LogP contribution >= 0.6 is 0 Å². The van der Waals surface area contributed by atoms with Gasteiger partial charge in [0.1, 0.15) is 5.69 Å². The number of imidazole rings is 1. The van der Waals surface area contributed by atoms with Gasteiger partial charge in [-0.15, -0.1) is 12.8 Å². The first-order chi connectivity index (χ1) is 20.3. The molecule has 2 N–H and O–H groups in total. The summed E-state index contributed by atoms with van der Waals surface area (Å²) in [5, 5.41) is 17.3. The van der Waals surface area contributed by atoms with Crippen molar-refractivity contribution >= 4 is 17.6 Å². The Labute approximate surface area is 243 Å². The van der Waals surface area contributed by atoms with E-state index in [0.717, 1.165) is 18.5 Å². The standard InChI is InChI=1S/C18H20N8O3.C6H10F2.C3H6.C2H2/c1-10-16(24-29-23-10)17(27)19-6-13-8-26-15(21-13)4-11(5-20-26)7-25-9-14(12-2-3-12)22-18(25)28;7-6(8)4-2-1-3-5-6;1-2-3-1;1-2/h4-5,8,12,14H,2-3,6-7,9H2,1H3,(H,19,27)(H,22,28);1-5H2;1-3H2;1-2H. The van der Waals surface area contributed by atoms with Crippen LogP contribution in [0.4, 0.5) is 13.6 Å². The molecule has 4 fully saturated rings. The fourth-order valence-electron chi connectivity index (χ4n) is 4.64. The number of terminal acetylenes is 1. The third kappa shape index (κ3) is 8.96. The fourth-order valence-corrected chi connectivity index (χ4v) is 4.64. The van der Waals surface area contributed by atoms with Gasteiger partial charge < -0.3 is 15.5 Å². The van der Waals surface area contributed by atoms with Gasteiger partial charge >= 0.3 is 6.03 Å². The van der Waals surface area contributed by atoms with Crippen molar-refractivity contribution in [2.24, 2.45) is 5.92 Å². The first kappa shape index (κ1) is 30.9. The largest absolute Gasteiger partial charge is 0.345 e. The third-order valence-electron chi connectivity index (χ3n) is 7.24. The smallest absolute Gasteiger partial charge is 0.318 e. The van der Waals surface area contributed by atoms with Crippen LogP contribution in [0.1, 0.15) is 91.6 Å². The third-order valence-corrected chi connectivity index (χ3v) is 7.24. The minimum atomic E-state index is -2.32. The van der Waals surface area contributed by atoms with E-state index in [-0.39, 0.29) is 43.1 Å². The van der Waals surface area contributed by atoms with Crippen molar-refractivity contribution in [3.8, 4) is 12.8 Å². The van der Waals surface area contributed by atoms with Crippen LogP contribution in [0.3, 0.4) is 0 Å². The molecule has 7 rings (SSSR count). The molecule has 226 valence electrons. The Balaban J connectivity index is 0.000000259. The minimum absolute atomic E-state index is 0.0221. The Morgan fingerprint density at radius 3 is 2.40 bits per heavy atom. The van der Waals surface area contributed by atoms with Crippen molar-refractivity contribution in [2.45, 2.75) is 96.2 Å². The van der Waals surface area contributed by atoms with Crippen LogP contribution < -0.4 is 10.6 Å². The molecule has 3 saturated carbocycles. The predicted molar refractivity (Wildman–Crippen MR) is 150 cm³/mol. The van der Waals surface area contributed by atoms with E-state index < -0.39 is 5.92 Å². The summed E-state index contributed by atoms with van der Waals surface area (Å²) in [6.07, 6.45) is 21.0. The molecule has 1 unspecified atom stereocenters. The summed E-state index contributed by atoms with van der Waals surface area (Å²) in [5.74, 6) is -2.07. The van der Waals surface area contributed by atoms with E-state index >= 15 is 0 Å². The Morgan fingerprint density at radius 1 is 1.14 bits per heavy atom. The second kappa shape index (κ2) is 14.2. The van der Waals surface area contributed by atoms with Crippen LogP contribution in [0.25, 0.3) is 5.65 Å². The van der Waals surface area contributed by atoms with E-state index in [9.17, 15) is 18.4 Å². The molecular formula is C29H38F2N8O3. The molecule has 3 aromatic rings. The summed E-state index contributed by atoms with van der Waals surface area (Å²) in [6, 6.07) is 2.15. The maximum Gasteiger partial charge on any atom is 0.318 e. The molecule has 4 heterocycles. The van der Waals surface area contributed by atoms with Crippen LogP contribution in [0, 0.1) is 25.7 Å². The lowest BCUT2D eigenvalue weighted by atomic mass is 9.97. The SMILES string of the molecule is C#C.C1CC1.Cc1nonc1C(=O)NCc1cn2ncc(CN3CC(C4CC4)NC3=O)cc2n1.FC1(F)CCCCC1. The average Bonchev–Trinajstić information content (AvgIpc) is 3.92. The number of fused-ring (bicyclic) bond motifs is 1. The maximum absolute atomic E-state index is 12.2. The number of rotatable bonds is 6. The number of halogens is 2. The first-order valence-electron chi connectivity index (χ1n) is 14.4. The number of hydrogen-bond donors (Lipinski definition) is 2. The molecule has 3 aliphatic carbocycles. The minimum Gasteiger partial charge on any atom is -0.345 e. The topological polar surface area (TPSA) is 131 Å². The number of carbonyl (C=O) groups excluding carboxylic acids is 2. The molecule has 1 atom stereocenters. The lowest BCUT2D eigenvalue weighted by molar-refractivity contribution is -0.0337. The van der Waals surface area contributed by atoms with Crippen LogP contribution in [0.2, 0.25) is 0 Å². The lowest BCUT2D eigenvalue weighted by Crippen LogP contribution is -2.29. The molecule has 3 amide bonds. The van der Waals surface area contributed by atoms with Gasteiger partial charge in [0.15, 0.2) is 11.3 Å². The zero-order chi connectivity index (χ0) is 30.1. The number of aromatic nitrogens is 5. The summed E-state index contributed by atoms with van der Waals surface area (Å²) in [5.41, 5.74) is 2.81. The van der Waals surface area contributed by atoms with Gasteiger partial charge in [-0.1, -0.05) is 30.8 Å². The van der Waals surface area contributed by atoms with E-state index in [1.165, 1.54) is 32.1 Å². The molecule has 13 heteroatoms. The molecule has 11 nitrogen and oxygen atoms in total. The first-order valence-corrected chi connectivity index (χ1v) is 14.4. The van der Waals surface area contributed by atoms with Gasteiger partial charge in [0, 0.05) is 25.9 Å². The highest BCUT2D eigenvalue weighted by molar-refractivity contribution is 5.92. The van der Waals surface area contributed by atoms with Gasteiger partial charge in [0.05, 0.1) is 30.7 Å². The lowest BCUT2D eigenvalue weighted by Gasteiger charge is -2.20. The number of aryl methyl sites for hydroxylation is 1. The van der Waals surface area contributed by atoms with E-state index in [0.29, 0.717) is 42.3 Å². The number of alkyl halides is 2. The van der Waals surface area contributed by atoms with Gasteiger partial charge in [-0.2, -0.15) is 5.10 Å². The molecule has 3 aromatic heterocycles. The Bertz CT molecular complexity index is 1350. The van der Waals surface area contributed by atoms with Crippen molar-refractivity contribution < 1.29 is 23.0 Å². The highest BCUT2D eigenvalue weighted by Crippen LogP contribution is 2.35.